The Hall–Kier alpha value is -8.00. The van der Waals surface area contributed by atoms with Gasteiger partial charge in [-0.05, 0) is 117 Å². The maximum atomic E-state index is 14.7. The minimum atomic E-state index is -5.01. The molecule has 2 heterocycles. The highest BCUT2D eigenvalue weighted by Gasteiger charge is 2.44. The Morgan fingerprint density at radius 1 is 0.323 bits per heavy atom. The molecule has 0 aliphatic carbocycles. The summed E-state index contributed by atoms with van der Waals surface area (Å²) in [4.78, 5) is 55.1. The maximum Gasteiger partial charge on any atom is 0.418 e. The van der Waals surface area contributed by atoms with Gasteiger partial charge in [-0.3, -0.25) is 19.2 Å². The van der Waals surface area contributed by atoms with E-state index in [1.807, 2.05) is 0 Å². The highest BCUT2D eigenvalue weighted by atomic mass is 19.4. The fourth-order valence-corrected chi connectivity index (χ4v) is 7.76. The van der Waals surface area contributed by atoms with E-state index in [9.17, 15) is 45.5 Å². The predicted molar refractivity (Wildman–Crippen MR) is 222 cm³/mol. The molecule has 4 amide bonds. The zero-order valence-electron chi connectivity index (χ0n) is 31.8. The number of rotatable bonds is 6. The first-order chi connectivity index (χ1) is 29.5. The molecule has 7 aromatic rings. The summed E-state index contributed by atoms with van der Waals surface area (Å²) < 4.78 is 88.1. The van der Waals surface area contributed by atoms with Crippen LogP contribution >= 0.6 is 0 Å². The Morgan fingerprint density at radius 3 is 0.903 bits per heavy atom. The van der Waals surface area contributed by atoms with Gasteiger partial charge in [-0.15, -0.1) is 0 Å². The van der Waals surface area contributed by atoms with Crippen LogP contribution in [0.5, 0.6) is 0 Å². The molecule has 0 saturated heterocycles. The number of anilines is 4. The van der Waals surface area contributed by atoms with Crippen LogP contribution in [0.1, 0.15) is 52.6 Å². The molecule has 0 radical (unpaired) electrons. The Kier molecular flexibility index (Phi) is 9.12. The van der Waals surface area contributed by atoms with Crippen LogP contribution in [0.4, 0.5) is 49.1 Å². The summed E-state index contributed by atoms with van der Waals surface area (Å²) in [5.41, 5.74) is 11.5. The number of carbonyl (C=O) groups is 4. The average molecular weight is 839 g/mol. The van der Waals surface area contributed by atoms with Gasteiger partial charge >= 0.3 is 12.4 Å². The number of imide groups is 2. The quantitative estimate of drug-likeness (QED) is 0.0975. The fourth-order valence-electron chi connectivity index (χ4n) is 7.76. The van der Waals surface area contributed by atoms with Gasteiger partial charge in [-0.2, -0.15) is 26.3 Å². The van der Waals surface area contributed by atoms with E-state index in [-0.39, 0.29) is 44.5 Å². The van der Waals surface area contributed by atoms with Gasteiger partial charge in [0.2, 0.25) is 0 Å². The van der Waals surface area contributed by atoms with Gasteiger partial charge < -0.3 is 11.5 Å². The second kappa shape index (κ2) is 14.3. The molecule has 7 aromatic carbocycles. The number of alkyl halides is 6. The number of hydrogen-bond acceptors (Lipinski definition) is 6. The van der Waals surface area contributed by atoms with Crippen LogP contribution in [0.3, 0.4) is 0 Å². The molecule has 0 atom stereocenters. The summed E-state index contributed by atoms with van der Waals surface area (Å²) in [6.07, 6.45) is -10.0. The van der Waals surface area contributed by atoms with E-state index in [0.717, 1.165) is 24.3 Å². The van der Waals surface area contributed by atoms with Crippen molar-refractivity contribution in [3.8, 4) is 44.5 Å². The maximum absolute atomic E-state index is 14.7. The van der Waals surface area contributed by atoms with Gasteiger partial charge in [0.05, 0.1) is 44.8 Å². The minimum Gasteiger partial charge on any atom is -0.399 e. The molecule has 2 aliphatic heterocycles. The van der Waals surface area contributed by atoms with Crippen molar-refractivity contribution in [3.63, 3.8) is 0 Å². The van der Waals surface area contributed by atoms with Crippen LogP contribution in [0.2, 0.25) is 0 Å². The molecule has 9 rings (SSSR count). The van der Waals surface area contributed by atoms with E-state index >= 15 is 0 Å². The fraction of sp³-hybridized carbons (Fsp3) is 0.0417. The van der Waals surface area contributed by atoms with Crippen molar-refractivity contribution in [3.05, 3.63) is 179 Å². The first kappa shape index (κ1) is 39.5. The number of nitrogens with two attached hydrogens (primary N) is 2. The van der Waals surface area contributed by atoms with E-state index in [4.69, 9.17) is 11.5 Å². The van der Waals surface area contributed by atoms with Crippen LogP contribution in [0.15, 0.2) is 146 Å². The van der Waals surface area contributed by atoms with Gasteiger partial charge in [0.1, 0.15) is 0 Å². The molecular formula is C48H28F6N4O4. The van der Waals surface area contributed by atoms with Gasteiger partial charge in [-0.25, -0.2) is 9.80 Å². The summed E-state index contributed by atoms with van der Waals surface area (Å²) in [5.74, 6) is -3.71. The average Bonchev–Trinajstić information content (AvgIpc) is 3.65. The number of nitrogens with zero attached hydrogens (tertiary/aromatic N) is 2. The molecule has 0 bridgehead atoms. The molecule has 14 heteroatoms. The highest BCUT2D eigenvalue weighted by Crippen LogP contribution is 2.45. The lowest BCUT2D eigenvalue weighted by atomic mass is 9.96. The minimum absolute atomic E-state index is 0.0476. The van der Waals surface area contributed by atoms with Crippen molar-refractivity contribution in [2.75, 3.05) is 21.3 Å². The van der Waals surface area contributed by atoms with E-state index in [0.29, 0.717) is 43.4 Å². The standard InChI is InChI=1S/C48H28F6N4O4/c49-47(50,51)39-23-31(11-19-41(39)57-43(59)35-17-9-29(21-37(35)45(57)61)27-5-13-33(55)14-6-27)25-1-2-26(4-3-25)32-12-20-42(40(24-32)48(52,53)54)58-44(60)36-18-10-30(22-38(36)46(58)62)28-7-15-34(56)16-8-28/h1-24H,55-56H2. The number of nitrogen functional groups attached to an aromatic ring is 2. The number of hydrogen-bond donors (Lipinski definition) is 2. The Bertz CT molecular complexity index is 2830. The van der Waals surface area contributed by atoms with Gasteiger partial charge in [0.15, 0.2) is 0 Å². The van der Waals surface area contributed by atoms with E-state index in [1.165, 1.54) is 60.7 Å². The number of benzene rings is 7. The van der Waals surface area contributed by atoms with E-state index in [2.05, 4.69) is 0 Å². The highest BCUT2D eigenvalue weighted by molar-refractivity contribution is 6.36. The molecule has 306 valence electrons. The topological polar surface area (TPSA) is 127 Å². The van der Waals surface area contributed by atoms with Crippen molar-refractivity contribution in [1.82, 2.24) is 0 Å². The SMILES string of the molecule is Nc1ccc(-c2ccc3c(c2)C(=O)N(c2ccc(-c4ccc(-c5ccc(N6C(=O)c7ccc(-c8ccc(N)cc8)cc7C6=O)c(C(F)(F)F)c5)cc4)cc2C(F)(F)F)C3=O)cc1. The number of amides is 4. The number of fused-ring (bicyclic) bond motifs is 2. The lowest BCUT2D eigenvalue weighted by molar-refractivity contribution is -0.137. The van der Waals surface area contributed by atoms with Crippen LogP contribution in [-0.4, -0.2) is 23.6 Å². The van der Waals surface area contributed by atoms with E-state index in [1.54, 1.807) is 60.7 Å². The van der Waals surface area contributed by atoms with Crippen molar-refractivity contribution in [2.45, 2.75) is 12.4 Å². The molecule has 0 aromatic heterocycles. The monoisotopic (exact) mass is 838 g/mol. The first-order valence-corrected chi connectivity index (χ1v) is 18.8. The van der Waals surface area contributed by atoms with Crippen LogP contribution in [0, 0.1) is 0 Å². The normalized spacial score (nSPS) is 13.8. The molecular weight excluding hydrogens is 811 g/mol. The Labute approximate surface area is 348 Å². The molecule has 2 aliphatic rings. The second-order valence-corrected chi connectivity index (χ2v) is 14.7. The zero-order valence-corrected chi connectivity index (χ0v) is 31.8. The molecule has 62 heavy (non-hydrogen) atoms. The lowest BCUT2D eigenvalue weighted by Gasteiger charge is -2.21. The summed E-state index contributed by atoms with van der Waals surface area (Å²) in [6, 6.07) is 34.2. The zero-order chi connectivity index (χ0) is 43.8. The molecule has 4 N–H and O–H groups in total. The molecule has 0 saturated carbocycles. The van der Waals surface area contributed by atoms with Crippen LogP contribution in [0.25, 0.3) is 44.5 Å². The second-order valence-electron chi connectivity index (χ2n) is 14.7. The summed E-state index contributed by atoms with van der Waals surface area (Å²) in [5, 5.41) is 0. The number of halogens is 6. The van der Waals surface area contributed by atoms with E-state index < -0.39 is 58.5 Å². The smallest absolute Gasteiger partial charge is 0.399 e. The summed E-state index contributed by atoms with van der Waals surface area (Å²) in [6.45, 7) is 0. The summed E-state index contributed by atoms with van der Waals surface area (Å²) >= 11 is 0. The third kappa shape index (κ3) is 6.71. The van der Waals surface area contributed by atoms with Gasteiger partial charge in [0, 0.05) is 11.4 Å². The largest absolute Gasteiger partial charge is 0.418 e. The van der Waals surface area contributed by atoms with Gasteiger partial charge in [-0.1, -0.05) is 72.8 Å². The van der Waals surface area contributed by atoms with Crippen LogP contribution in [-0.2, 0) is 12.4 Å². The first-order valence-electron chi connectivity index (χ1n) is 18.8. The van der Waals surface area contributed by atoms with Crippen molar-refractivity contribution >= 4 is 46.4 Å². The molecule has 0 spiro atoms. The third-order valence-corrected chi connectivity index (χ3v) is 10.9. The summed E-state index contributed by atoms with van der Waals surface area (Å²) in [7, 11) is 0. The molecule has 8 nitrogen and oxygen atoms in total. The van der Waals surface area contributed by atoms with Crippen LogP contribution < -0.4 is 21.3 Å². The molecule has 0 fully saturated rings. The van der Waals surface area contributed by atoms with Crippen molar-refractivity contribution in [2.24, 2.45) is 0 Å². The third-order valence-electron chi connectivity index (χ3n) is 10.9. The Balaban J connectivity index is 1.00. The van der Waals surface area contributed by atoms with Crippen molar-refractivity contribution < 1.29 is 45.5 Å². The lowest BCUT2D eigenvalue weighted by Crippen LogP contribution is -2.31. The van der Waals surface area contributed by atoms with Crippen molar-refractivity contribution in [1.29, 1.82) is 0 Å². The predicted octanol–water partition coefficient (Wildman–Crippen LogP) is 11.2. The number of carbonyl (C=O) groups excluding carboxylic acids is 4. The van der Waals surface area contributed by atoms with Gasteiger partial charge in [0.25, 0.3) is 23.6 Å². The molecule has 0 unspecified atom stereocenters. The Morgan fingerprint density at radius 2 is 0.581 bits per heavy atom.